The zero-order valence-electron chi connectivity index (χ0n) is 18.9. The number of nitrogens with zero attached hydrogens (tertiary/aromatic N) is 5. The molecule has 0 saturated carbocycles. The summed E-state index contributed by atoms with van der Waals surface area (Å²) in [5.74, 6) is 6.45. The molecule has 2 N–H and O–H groups in total. The lowest BCUT2D eigenvalue weighted by Gasteiger charge is -2.30. The van der Waals surface area contributed by atoms with Gasteiger partial charge in [-0.2, -0.15) is 0 Å². The van der Waals surface area contributed by atoms with E-state index in [0.29, 0.717) is 19.5 Å². The van der Waals surface area contributed by atoms with Crippen LogP contribution in [0.4, 0.5) is 4.79 Å². The van der Waals surface area contributed by atoms with Crippen molar-refractivity contribution in [3.63, 3.8) is 0 Å². The van der Waals surface area contributed by atoms with Gasteiger partial charge in [-0.05, 0) is 36.8 Å². The molecule has 4 heterocycles. The molecule has 0 saturated heterocycles. The van der Waals surface area contributed by atoms with Crippen molar-refractivity contribution in [2.45, 2.75) is 19.9 Å². The van der Waals surface area contributed by atoms with E-state index in [9.17, 15) is 9.59 Å². The fourth-order valence-electron chi connectivity index (χ4n) is 4.47. The van der Waals surface area contributed by atoms with E-state index in [4.69, 9.17) is 5.84 Å². The monoisotopic (exact) mass is 442 g/mol. The Labute approximate surface area is 191 Å². The molecule has 0 aliphatic carbocycles. The number of nitrogens with two attached hydrogens (primary N) is 1. The molecular weight excluding hydrogens is 416 g/mol. The topological polar surface area (TPSA) is 89.4 Å². The van der Waals surface area contributed by atoms with Gasteiger partial charge in [0, 0.05) is 74.3 Å². The second-order valence-corrected chi connectivity index (χ2v) is 8.69. The minimum absolute atomic E-state index is 0.00935. The van der Waals surface area contributed by atoms with Crippen molar-refractivity contribution in [1.29, 1.82) is 0 Å². The van der Waals surface area contributed by atoms with Crippen molar-refractivity contribution in [3.8, 4) is 16.9 Å². The normalized spacial score (nSPS) is 13.2. The van der Waals surface area contributed by atoms with E-state index in [2.05, 4.69) is 4.98 Å². The predicted octanol–water partition coefficient (Wildman–Crippen LogP) is 2.92. The average molecular weight is 443 g/mol. The van der Waals surface area contributed by atoms with E-state index in [1.54, 1.807) is 46.7 Å². The highest BCUT2D eigenvalue weighted by molar-refractivity contribution is 5.88. The van der Waals surface area contributed by atoms with Crippen LogP contribution < -0.4 is 11.4 Å². The summed E-state index contributed by atoms with van der Waals surface area (Å²) in [6.07, 6.45) is 4.24. The first-order valence-corrected chi connectivity index (χ1v) is 10.9. The van der Waals surface area contributed by atoms with E-state index in [0.717, 1.165) is 44.7 Å². The van der Waals surface area contributed by atoms with Crippen molar-refractivity contribution in [2.24, 2.45) is 0 Å². The lowest BCUT2D eigenvalue weighted by molar-refractivity contribution is 0.165. The number of hydrogen-bond donors (Lipinski definition) is 1. The van der Waals surface area contributed by atoms with Gasteiger partial charge in [-0.3, -0.25) is 19.0 Å². The van der Waals surface area contributed by atoms with Crippen molar-refractivity contribution >= 4 is 16.9 Å². The molecule has 4 aromatic rings. The van der Waals surface area contributed by atoms with Gasteiger partial charge in [0.05, 0.1) is 16.9 Å². The van der Waals surface area contributed by atoms with Gasteiger partial charge < -0.3 is 15.6 Å². The first kappa shape index (κ1) is 20.8. The number of benzene rings is 1. The van der Waals surface area contributed by atoms with Crippen LogP contribution in [0.1, 0.15) is 16.8 Å². The minimum Gasteiger partial charge on any atom is -0.339 e. The summed E-state index contributed by atoms with van der Waals surface area (Å²) in [7, 11) is 3.52. The zero-order valence-corrected chi connectivity index (χ0v) is 18.9. The van der Waals surface area contributed by atoms with Crippen molar-refractivity contribution in [1.82, 2.24) is 24.0 Å². The Hall–Kier alpha value is -4.07. The fourth-order valence-corrected chi connectivity index (χ4v) is 4.47. The average Bonchev–Trinajstić information content (AvgIpc) is 3.10. The summed E-state index contributed by atoms with van der Waals surface area (Å²) in [5, 5.41) is 1.00. The molecule has 0 atom stereocenters. The number of amides is 2. The molecule has 33 heavy (non-hydrogen) atoms. The number of carbonyl (C=O) groups excluding carboxylic acids is 1. The quantitative estimate of drug-likeness (QED) is 0.484. The van der Waals surface area contributed by atoms with Crippen LogP contribution in [0.15, 0.2) is 59.7 Å². The number of aromatic nitrogens is 3. The molecule has 8 heteroatoms. The van der Waals surface area contributed by atoms with Crippen LogP contribution in [0.2, 0.25) is 0 Å². The van der Waals surface area contributed by atoms with Crippen LogP contribution >= 0.6 is 0 Å². The van der Waals surface area contributed by atoms with Crippen LogP contribution in [0.5, 0.6) is 0 Å². The largest absolute Gasteiger partial charge is 0.339 e. The third-order valence-electron chi connectivity index (χ3n) is 6.23. The maximum atomic E-state index is 12.9. The van der Waals surface area contributed by atoms with Gasteiger partial charge >= 0.3 is 6.03 Å². The van der Waals surface area contributed by atoms with E-state index in [1.165, 1.54) is 0 Å². The van der Waals surface area contributed by atoms with Crippen molar-refractivity contribution in [2.75, 3.05) is 26.5 Å². The number of fused-ring (bicyclic) bond motifs is 3. The molecule has 0 unspecified atom stereocenters. The van der Waals surface area contributed by atoms with Gasteiger partial charge in [0.2, 0.25) is 0 Å². The maximum absolute atomic E-state index is 12.9. The molecule has 0 bridgehead atoms. The summed E-state index contributed by atoms with van der Waals surface area (Å²) in [5.41, 5.74) is 6.14. The highest BCUT2D eigenvalue weighted by Crippen LogP contribution is 2.31. The second kappa shape index (κ2) is 7.81. The summed E-state index contributed by atoms with van der Waals surface area (Å²) in [6.45, 7) is 3.12. The molecular formula is C25H26N6O2. The molecule has 1 aliphatic heterocycles. The summed E-state index contributed by atoms with van der Waals surface area (Å²) in [4.78, 5) is 33.2. The standard InChI is InChI=1S/C25H26N6O2/c1-16-4-7-21(27-14-16)17-8-11-30(24(32)12-17)18-5-6-19-20-15-29(25(33)28(2)3)10-9-22(20)31(26)23(19)13-18/h4-8,11-14H,9-10,15,26H2,1-3H3. The molecule has 3 aromatic heterocycles. The first-order chi connectivity index (χ1) is 15.8. The van der Waals surface area contributed by atoms with E-state index >= 15 is 0 Å². The van der Waals surface area contributed by atoms with Crippen LogP contribution in [0, 0.1) is 6.92 Å². The van der Waals surface area contributed by atoms with E-state index < -0.39 is 0 Å². The maximum Gasteiger partial charge on any atom is 0.319 e. The fraction of sp³-hybridized carbons (Fsp3) is 0.240. The smallest absolute Gasteiger partial charge is 0.319 e. The third-order valence-corrected chi connectivity index (χ3v) is 6.23. The van der Waals surface area contributed by atoms with Gasteiger partial charge in [-0.1, -0.05) is 12.1 Å². The highest BCUT2D eigenvalue weighted by Gasteiger charge is 2.27. The number of urea groups is 1. The van der Waals surface area contributed by atoms with Gasteiger partial charge in [-0.15, -0.1) is 0 Å². The SMILES string of the molecule is Cc1ccc(-c2ccn(-c3ccc4c5c(n(N)c4c3)CCN(C(=O)N(C)C)C5)c(=O)c2)nc1. The number of aryl methyl sites for hydroxylation is 1. The highest BCUT2D eigenvalue weighted by atomic mass is 16.2. The Morgan fingerprint density at radius 1 is 1.12 bits per heavy atom. The Bertz CT molecular complexity index is 1430. The van der Waals surface area contributed by atoms with Gasteiger partial charge in [0.15, 0.2) is 0 Å². The molecule has 168 valence electrons. The lowest BCUT2D eigenvalue weighted by Crippen LogP contribution is -2.42. The lowest BCUT2D eigenvalue weighted by atomic mass is 10.0. The molecule has 1 aliphatic rings. The van der Waals surface area contributed by atoms with Gasteiger partial charge in [0.25, 0.3) is 5.56 Å². The van der Waals surface area contributed by atoms with Gasteiger partial charge in [-0.25, -0.2) is 4.79 Å². The van der Waals surface area contributed by atoms with Crippen LogP contribution in [0.25, 0.3) is 27.8 Å². The number of pyridine rings is 2. The summed E-state index contributed by atoms with van der Waals surface area (Å²) < 4.78 is 3.30. The summed E-state index contributed by atoms with van der Waals surface area (Å²) in [6, 6.07) is 13.2. The Morgan fingerprint density at radius 3 is 2.64 bits per heavy atom. The second-order valence-electron chi connectivity index (χ2n) is 8.69. The molecule has 0 radical (unpaired) electrons. The number of carbonyl (C=O) groups is 1. The molecule has 8 nitrogen and oxygen atoms in total. The number of nitrogen functional groups attached to an aromatic ring is 1. The van der Waals surface area contributed by atoms with Crippen LogP contribution in [-0.2, 0) is 13.0 Å². The Kier molecular flexibility index (Phi) is 4.92. The van der Waals surface area contributed by atoms with Gasteiger partial charge in [0.1, 0.15) is 0 Å². The number of hydrogen-bond acceptors (Lipinski definition) is 4. The molecule has 1 aromatic carbocycles. The van der Waals surface area contributed by atoms with Crippen LogP contribution in [-0.4, -0.2) is 50.7 Å². The third kappa shape index (κ3) is 3.53. The van der Waals surface area contributed by atoms with E-state index in [1.807, 2.05) is 48.2 Å². The van der Waals surface area contributed by atoms with E-state index in [-0.39, 0.29) is 11.6 Å². The molecule has 0 fully saturated rings. The molecule has 2 amide bonds. The number of rotatable bonds is 2. The van der Waals surface area contributed by atoms with Crippen molar-refractivity contribution < 1.29 is 4.79 Å². The first-order valence-electron chi connectivity index (χ1n) is 10.9. The zero-order chi connectivity index (χ0) is 23.3. The summed E-state index contributed by atoms with van der Waals surface area (Å²) >= 11 is 0. The van der Waals surface area contributed by atoms with Crippen molar-refractivity contribution in [3.05, 3.63) is 82.0 Å². The predicted molar refractivity (Wildman–Crippen MR) is 129 cm³/mol. The molecule has 0 spiro atoms. The minimum atomic E-state index is -0.142. The Balaban J connectivity index is 1.52. The Morgan fingerprint density at radius 2 is 1.94 bits per heavy atom. The molecule has 5 rings (SSSR count). The van der Waals surface area contributed by atoms with Crippen LogP contribution in [0.3, 0.4) is 0 Å².